The highest BCUT2D eigenvalue weighted by atomic mass is 32.1. The van der Waals surface area contributed by atoms with E-state index in [4.69, 9.17) is 0 Å². The van der Waals surface area contributed by atoms with Crippen molar-refractivity contribution in [1.82, 2.24) is 5.32 Å². The van der Waals surface area contributed by atoms with Crippen LogP contribution in [-0.4, -0.2) is 30.8 Å². The Morgan fingerprint density at radius 2 is 1.93 bits per heavy atom. The maximum Gasteiger partial charge on any atom is 0.313 e. The average Bonchev–Trinajstić information content (AvgIpc) is 3.49. The molecule has 7 heteroatoms. The van der Waals surface area contributed by atoms with E-state index >= 15 is 0 Å². The van der Waals surface area contributed by atoms with Crippen molar-refractivity contribution < 1.29 is 14.4 Å². The first-order valence-corrected chi connectivity index (χ1v) is 11.4. The lowest BCUT2D eigenvalue weighted by atomic mass is 9.84. The summed E-state index contributed by atoms with van der Waals surface area (Å²) in [5, 5.41) is 7.60. The highest BCUT2D eigenvalue weighted by Crippen LogP contribution is 2.42. The first-order valence-electron chi connectivity index (χ1n) is 10.5. The third-order valence-corrected chi connectivity index (χ3v) is 7.35. The van der Waals surface area contributed by atoms with Crippen LogP contribution in [-0.2, 0) is 19.8 Å². The number of benzene rings is 1. The van der Waals surface area contributed by atoms with Gasteiger partial charge in [0.1, 0.15) is 0 Å². The fraction of sp³-hybridized carbons (Fsp3) is 0.435. The maximum atomic E-state index is 12.5. The third kappa shape index (κ3) is 4.12. The molecule has 1 saturated heterocycles. The third-order valence-electron chi connectivity index (χ3n) is 6.23. The Morgan fingerprint density at radius 3 is 2.60 bits per heavy atom. The number of hydrogen-bond donors (Lipinski definition) is 2. The molecule has 0 atom stereocenters. The molecule has 0 bridgehead atoms. The summed E-state index contributed by atoms with van der Waals surface area (Å²) >= 11 is 1.71. The zero-order valence-electron chi connectivity index (χ0n) is 17.2. The zero-order valence-corrected chi connectivity index (χ0v) is 18.0. The smallest absolute Gasteiger partial charge is 0.313 e. The highest BCUT2D eigenvalue weighted by molar-refractivity contribution is 7.10. The second kappa shape index (κ2) is 8.60. The van der Waals surface area contributed by atoms with Gasteiger partial charge in [0.2, 0.25) is 5.91 Å². The number of rotatable bonds is 5. The molecule has 0 unspecified atom stereocenters. The first-order chi connectivity index (χ1) is 14.5. The summed E-state index contributed by atoms with van der Waals surface area (Å²) in [7, 11) is 0. The van der Waals surface area contributed by atoms with Crippen LogP contribution in [0.2, 0.25) is 0 Å². The number of carbonyl (C=O) groups is 3. The van der Waals surface area contributed by atoms with E-state index in [1.807, 2.05) is 19.1 Å². The summed E-state index contributed by atoms with van der Waals surface area (Å²) < 4.78 is 0. The van der Waals surface area contributed by atoms with E-state index in [9.17, 15) is 14.4 Å². The van der Waals surface area contributed by atoms with Crippen LogP contribution in [0.1, 0.15) is 49.0 Å². The molecular formula is C23H27N3O3S. The van der Waals surface area contributed by atoms with E-state index in [0.717, 1.165) is 43.4 Å². The second-order valence-electron chi connectivity index (χ2n) is 8.25. The van der Waals surface area contributed by atoms with Crippen molar-refractivity contribution in [3.63, 3.8) is 0 Å². The molecule has 1 aromatic carbocycles. The van der Waals surface area contributed by atoms with Crippen molar-refractivity contribution in [2.45, 2.75) is 50.9 Å². The van der Waals surface area contributed by atoms with Gasteiger partial charge in [-0.25, -0.2) is 0 Å². The fourth-order valence-electron chi connectivity index (χ4n) is 4.54. The molecule has 2 heterocycles. The van der Waals surface area contributed by atoms with Crippen LogP contribution < -0.4 is 15.5 Å². The Labute approximate surface area is 180 Å². The Hall–Kier alpha value is -2.67. The van der Waals surface area contributed by atoms with Crippen molar-refractivity contribution in [2.75, 3.05) is 23.3 Å². The summed E-state index contributed by atoms with van der Waals surface area (Å²) in [5.74, 6) is -1.22. The predicted molar refractivity (Wildman–Crippen MR) is 119 cm³/mol. The molecule has 6 nitrogen and oxygen atoms in total. The molecule has 0 radical (unpaired) electrons. The molecule has 1 aliphatic carbocycles. The normalized spacial score (nSPS) is 17.9. The molecule has 1 aromatic heterocycles. The maximum absolute atomic E-state index is 12.5. The highest BCUT2D eigenvalue weighted by Gasteiger charge is 2.37. The Bertz CT molecular complexity index is 949. The van der Waals surface area contributed by atoms with Crippen LogP contribution in [0, 0.1) is 6.92 Å². The van der Waals surface area contributed by atoms with Gasteiger partial charge in [-0.3, -0.25) is 14.4 Å². The van der Waals surface area contributed by atoms with E-state index in [1.54, 1.807) is 28.4 Å². The summed E-state index contributed by atoms with van der Waals surface area (Å²) in [6.07, 6.45) is 5.72. The predicted octanol–water partition coefficient (Wildman–Crippen LogP) is 3.75. The number of anilines is 2. The topological polar surface area (TPSA) is 78.5 Å². The van der Waals surface area contributed by atoms with Crippen LogP contribution in [0.25, 0.3) is 0 Å². The summed E-state index contributed by atoms with van der Waals surface area (Å²) in [4.78, 5) is 40.1. The number of amides is 3. The molecule has 158 valence electrons. The van der Waals surface area contributed by atoms with Crippen LogP contribution >= 0.6 is 11.3 Å². The van der Waals surface area contributed by atoms with Gasteiger partial charge in [-0.2, -0.15) is 0 Å². The van der Waals surface area contributed by atoms with Gasteiger partial charge in [0.15, 0.2) is 0 Å². The van der Waals surface area contributed by atoms with Crippen molar-refractivity contribution in [2.24, 2.45) is 0 Å². The van der Waals surface area contributed by atoms with E-state index < -0.39 is 11.8 Å². The minimum Gasteiger partial charge on any atom is -0.347 e. The van der Waals surface area contributed by atoms with Crippen molar-refractivity contribution in [3.8, 4) is 0 Å². The molecule has 0 spiro atoms. The molecule has 2 aromatic rings. The molecule has 2 N–H and O–H groups in total. The van der Waals surface area contributed by atoms with Gasteiger partial charge >= 0.3 is 11.8 Å². The number of nitrogens with one attached hydrogen (secondary N) is 2. The SMILES string of the molecule is Cc1ccc(NC(=O)C(=O)NCC2(c3cccs3)CCCC2)cc1N1CCCC1=O. The molecule has 2 fully saturated rings. The number of aryl methyl sites for hydroxylation is 1. The Morgan fingerprint density at radius 1 is 1.13 bits per heavy atom. The molecule has 1 saturated carbocycles. The minimum absolute atomic E-state index is 0.0583. The van der Waals surface area contributed by atoms with Gasteiger partial charge in [-0.1, -0.05) is 25.0 Å². The van der Waals surface area contributed by atoms with Crippen molar-refractivity contribution in [1.29, 1.82) is 0 Å². The monoisotopic (exact) mass is 425 g/mol. The van der Waals surface area contributed by atoms with Gasteiger partial charge in [0.05, 0.1) is 0 Å². The minimum atomic E-state index is -0.683. The van der Waals surface area contributed by atoms with Gasteiger partial charge < -0.3 is 15.5 Å². The molecule has 4 rings (SSSR count). The van der Waals surface area contributed by atoms with Crippen LogP contribution in [0.3, 0.4) is 0 Å². The number of carbonyl (C=O) groups excluding carboxylic acids is 3. The van der Waals surface area contributed by atoms with Crippen LogP contribution in [0.15, 0.2) is 35.7 Å². The lowest BCUT2D eigenvalue weighted by molar-refractivity contribution is -0.136. The summed E-state index contributed by atoms with van der Waals surface area (Å²) in [6.45, 7) is 3.09. The molecule has 30 heavy (non-hydrogen) atoms. The standard InChI is InChI=1S/C23H27N3O3S/c1-16-8-9-17(14-18(16)26-12-4-7-20(26)27)25-22(29)21(28)24-15-23(10-2-3-11-23)19-6-5-13-30-19/h5-6,8-9,13-14H,2-4,7,10-12,15H2,1H3,(H,24,28)(H,25,29). The van der Waals surface area contributed by atoms with Gasteiger partial charge in [-0.05, 0) is 55.3 Å². The van der Waals surface area contributed by atoms with E-state index in [-0.39, 0.29) is 11.3 Å². The molecule has 1 aliphatic heterocycles. The Balaban J connectivity index is 1.40. The van der Waals surface area contributed by atoms with Crippen molar-refractivity contribution >= 4 is 40.4 Å². The summed E-state index contributed by atoms with van der Waals surface area (Å²) in [5.41, 5.74) is 2.21. The molecular weight excluding hydrogens is 398 g/mol. The average molecular weight is 426 g/mol. The second-order valence-corrected chi connectivity index (χ2v) is 9.20. The van der Waals surface area contributed by atoms with E-state index in [0.29, 0.717) is 25.2 Å². The quantitative estimate of drug-likeness (QED) is 0.716. The van der Waals surface area contributed by atoms with Crippen LogP contribution in [0.5, 0.6) is 0 Å². The molecule has 2 aliphatic rings. The van der Waals surface area contributed by atoms with Gasteiger partial charge in [0, 0.05) is 41.2 Å². The number of hydrogen-bond acceptors (Lipinski definition) is 4. The molecule has 3 amide bonds. The van der Waals surface area contributed by atoms with E-state index in [2.05, 4.69) is 22.1 Å². The van der Waals surface area contributed by atoms with Gasteiger partial charge in [-0.15, -0.1) is 11.3 Å². The number of thiophene rings is 1. The summed E-state index contributed by atoms with van der Waals surface area (Å²) in [6, 6.07) is 9.55. The lowest BCUT2D eigenvalue weighted by Crippen LogP contribution is -2.43. The zero-order chi connectivity index (χ0) is 21.1. The van der Waals surface area contributed by atoms with E-state index in [1.165, 1.54) is 4.88 Å². The first kappa shape index (κ1) is 20.6. The van der Waals surface area contributed by atoms with Gasteiger partial charge in [0.25, 0.3) is 0 Å². The van der Waals surface area contributed by atoms with Crippen LogP contribution in [0.4, 0.5) is 11.4 Å². The lowest BCUT2D eigenvalue weighted by Gasteiger charge is -2.28. The number of nitrogens with zero attached hydrogens (tertiary/aromatic N) is 1. The van der Waals surface area contributed by atoms with Crippen molar-refractivity contribution in [3.05, 3.63) is 46.2 Å². The largest absolute Gasteiger partial charge is 0.347 e. The Kier molecular flexibility index (Phi) is 5.90. The fourth-order valence-corrected chi connectivity index (χ4v) is 5.53.